The van der Waals surface area contributed by atoms with Crippen molar-refractivity contribution >= 4 is 5.97 Å². The molecule has 4 nitrogen and oxygen atoms in total. The SMILES string of the molecule is COC(=O)C1CCN(Cc2cc(F)cc(CN)c2)C1. The van der Waals surface area contributed by atoms with E-state index in [1.54, 1.807) is 0 Å². The second-order valence-corrected chi connectivity index (χ2v) is 4.92. The van der Waals surface area contributed by atoms with Gasteiger partial charge in [-0.1, -0.05) is 6.07 Å². The molecule has 0 amide bonds. The number of rotatable bonds is 4. The summed E-state index contributed by atoms with van der Waals surface area (Å²) < 4.78 is 18.1. The highest BCUT2D eigenvalue weighted by Gasteiger charge is 2.28. The molecule has 1 fully saturated rings. The lowest BCUT2D eigenvalue weighted by Gasteiger charge is -2.16. The Hall–Kier alpha value is -1.46. The summed E-state index contributed by atoms with van der Waals surface area (Å²) in [6, 6.07) is 4.88. The van der Waals surface area contributed by atoms with Crippen LogP contribution in [0.1, 0.15) is 17.5 Å². The minimum Gasteiger partial charge on any atom is -0.469 e. The Morgan fingerprint density at radius 3 is 2.89 bits per heavy atom. The average Bonchev–Trinajstić information content (AvgIpc) is 2.85. The molecule has 19 heavy (non-hydrogen) atoms. The minimum atomic E-state index is -0.262. The van der Waals surface area contributed by atoms with E-state index in [2.05, 4.69) is 4.90 Å². The van der Waals surface area contributed by atoms with Crippen molar-refractivity contribution in [3.63, 3.8) is 0 Å². The van der Waals surface area contributed by atoms with Gasteiger partial charge in [0.1, 0.15) is 5.82 Å². The molecule has 1 aliphatic heterocycles. The maximum absolute atomic E-state index is 13.4. The van der Waals surface area contributed by atoms with E-state index in [1.807, 2.05) is 6.07 Å². The number of hydrogen-bond acceptors (Lipinski definition) is 4. The standard InChI is InChI=1S/C14H19FN2O2/c1-19-14(18)12-2-3-17(9-12)8-11-4-10(7-16)5-13(15)6-11/h4-6,12H,2-3,7-9,16H2,1H3. The lowest BCUT2D eigenvalue weighted by atomic mass is 10.1. The van der Waals surface area contributed by atoms with Gasteiger partial charge in [-0.25, -0.2) is 4.39 Å². The molecule has 0 aliphatic carbocycles. The normalized spacial score (nSPS) is 19.6. The summed E-state index contributed by atoms with van der Waals surface area (Å²) in [5.41, 5.74) is 7.22. The molecule has 0 radical (unpaired) electrons. The van der Waals surface area contributed by atoms with Crippen LogP contribution >= 0.6 is 0 Å². The van der Waals surface area contributed by atoms with Crippen molar-refractivity contribution in [1.82, 2.24) is 4.90 Å². The first kappa shape index (κ1) is 14.0. The van der Waals surface area contributed by atoms with Gasteiger partial charge in [0.15, 0.2) is 0 Å². The highest BCUT2D eigenvalue weighted by Crippen LogP contribution is 2.20. The van der Waals surface area contributed by atoms with Gasteiger partial charge in [0.25, 0.3) is 0 Å². The Morgan fingerprint density at radius 1 is 1.47 bits per heavy atom. The maximum Gasteiger partial charge on any atom is 0.310 e. The molecule has 0 bridgehead atoms. The Balaban J connectivity index is 1.99. The molecule has 0 aromatic heterocycles. The molecule has 1 aromatic carbocycles. The van der Waals surface area contributed by atoms with Crippen LogP contribution in [0.25, 0.3) is 0 Å². The van der Waals surface area contributed by atoms with E-state index < -0.39 is 0 Å². The fraction of sp³-hybridized carbons (Fsp3) is 0.500. The fourth-order valence-electron chi connectivity index (χ4n) is 2.52. The van der Waals surface area contributed by atoms with Gasteiger partial charge in [-0.15, -0.1) is 0 Å². The number of ether oxygens (including phenoxy) is 1. The average molecular weight is 266 g/mol. The van der Waals surface area contributed by atoms with Crippen molar-refractivity contribution < 1.29 is 13.9 Å². The molecule has 5 heteroatoms. The molecule has 2 N–H and O–H groups in total. The van der Waals surface area contributed by atoms with Crippen LogP contribution in [0.5, 0.6) is 0 Å². The second kappa shape index (κ2) is 6.12. The maximum atomic E-state index is 13.4. The van der Waals surface area contributed by atoms with E-state index in [9.17, 15) is 9.18 Å². The van der Waals surface area contributed by atoms with Crippen molar-refractivity contribution in [2.45, 2.75) is 19.5 Å². The van der Waals surface area contributed by atoms with Crippen LogP contribution in [0, 0.1) is 11.7 Å². The number of nitrogens with zero attached hydrogens (tertiary/aromatic N) is 1. The summed E-state index contributed by atoms with van der Waals surface area (Å²) in [5.74, 6) is -0.487. The second-order valence-electron chi connectivity index (χ2n) is 4.92. The predicted molar refractivity (Wildman–Crippen MR) is 69.7 cm³/mol. The minimum absolute atomic E-state index is 0.0625. The van der Waals surface area contributed by atoms with Gasteiger partial charge < -0.3 is 10.5 Å². The van der Waals surface area contributed by atoms with Crippen LogP contribution in [0.3, 0.4) is 0 Å². The molecule has 1 saturated heterocycles. The largest absolute Gasteiger partial charge is 0.469 e. The summed E-state index contributed by atoms with van der Waals surface area (Å²) in [4.78, 5) is 13.6. The van der Waals surface area contributed by atoms with Crippen molar-refractivity contribution in [1.29, 1.82) is 0 Å². The van der Waals surface area contributed by atoms with E-state index in [-0.39, 0.29) is 17.7 Å². The molecule has 104 valence electrons. The quantitative estimate of drug-likeness (QED) is 0.834. The third-order valence-corrected chi connectivity index (χ3v) is 3.47. The molecule has 1 atom stereocenters. The molecule has 1 unspecified atom stereocenters. The van der Waals surface area contributed by atoms with Crippen LogP contribution in [-0.4, -0.2) is 31.1 Å². The number of halogens is 1. The zero-order valence-electron chi connectivity index (χ0n) is 11.1. The molecule has 0 saturated carbocycles. The summed E-state index contributed by atoms with van der Waals surface area (Å²) in [5, 5.41) is 0. The highest BCUT2D eigenvalue weighted by atomic mass is 19.1. The molecular formula is C14H19FN2O2. The summed E-state index contributed by atoms with van der Waals surface area (Å²) in [6.07, 6.45) is 0.797. The predicted octanol–water partition coefficient (Wildman–Crippen LogP) is 1.28. The monoisotopic (exact) mass is 266 g/mol. The first-order valence-electron chi connectivity index (χ1n) is 6.41. The van der Waals surface area contributed by atoms with Gasteiger partial charge in [-0.3, -0.25) is 9.69 Å². The summed E-state index contributed by atoms with van der Waals surface area (Å²) in [7, 11) is 1.41. The number of carbonyl (C=O) groups is 1. The van der Waals surface area contributed by atoms with E-state index in [1.165, 1.54) is 19.2 Å². The Morgan fingerprint density at radius 2 is 2.21 bits per heavy atom. The Labute approximate surface area is 112 Å². The first-order valence-corrected chi connectivity index (χ1v) is 6.41. The van der Waals surface area contributed by atoms with Crippen molar-refractivity contribution in [2.75, 3.05) is 20.2 Å². The van der Waals surface area contributed by atoms with Crippen molar-refractivity contribution in [3.8, 4) is 0 Å². The topological polar surface area (TPSA) is 55.6 Å². The molecule has 1 heterocycles. The van der Waals surface area contributed by atoms with E-state index in [0.29, 0.717) is 19.6 Å². The Kier molecular flexibility index (Phi) is 4.50. The number of hydrogen-bond donors (Lipinski definition) is 1. The summed E-state index contributed by atoms with van der Waals surface area (Å²) in [6.45, 7) is 2.46. The number of methoxy groups -OCH3 is 1. The number of carbonyl (C=O) groups excluding carboxylic acids is 1. The van der Waals surface area contributed by atoms with Gasteiger partial charge in [0.05, 0.1) is 13.0 Å². The van der Waals surface area contributed by atoms with Crippen LogP contribution in [-0.2, 0) is 22.6 Å². The number of esters is 1. The van der Waals surface area contributed by atoms with Crippen LogP contribution in [0.2, 0.25) is 0 Å². The number of nitrogens with two attached hydrogens (primary N) is 1. The van der Waals surface area contributed by atoms with Gasteiger partial charge in [0, 0.05) is 19.6 Å². The molecule has 2 rings (SSSR count). The number of likely N-dealkylation sites (tertiary alicyclic amines) is 1. The lowest BCUT2D eigenvalue weighted by Crippen LogP contribution is -2.23. The van der Waals surface area contributed by atoms with E-state index in [4.69, 9.17) is 10.5 Å². The highest BCUT2D eigenvalue weighted by molar-refractivity contribution is 5.72. The van der Waals surface area contributed by atoms with E-state index in [0.717, 1.165) is 24.1 Å². The zero-order valence-corrected chi connectivity index (χ0v) is 11.1. The third kappa shape index (κ3) is 3.52. The molecular weight excluding hydrogens is 247 g/mol. The van der Waals surface area contributed by atoms with Crippen LogP contribution in [0.15, 0.2) is 18.2 Å². The van der Waals surface area contributed by atoms with Crippen LogP contribution < -0.4 is 5.73 Å². The van der Waals surface area contributed by atoms with Gasteiger partial charge in [-0.05, 0) is 36.2 Å². The fourth-order valence-corrected chi connectivity index (χ4v) is 2.52. The summed E-state index contributed by atoms with van der Waals surface area (Å²) >= 11 is 0. The van der Waals surface area contributed by atoms with E-state index >= 15 is 0 Å². The van der Waals surface area contributed by atoms with Gasteiger partial charge >= 0.3 is 5.97 Å². The first-order chi connectivity index (χ1) is 9.12. The van der Waals surface area contributed by atoms with Crippen LogP contribution in [0.4, 0.5) is 4.39 Å². The van der Waals surface area contributed by atoms with Crippen molar-refractivity contribution in [2.24, 2.45) is 11.7 Å². The van der Waals surface area contributed by atoms with Gasteiger partial charge in [0.2, 0.25) is 0 Å². The Bertz CT molecular complexity index is 465. The zero-order chi connectivity index (χ0) is 13.8. The number of benzene rings is 1. The van der Waals surface area contributed by atoms with Gasteiger partial charge in [-0.2, -0.15) is 0 Å². The molecule has 1 aliphatic rings. The third-order valence-electron chi connectivity index (χ3n) is 3.47. The van der Waals surface area contributed by atoms with Crippen molar-refractivity contribution in [3.05, 3.63) is 35.1 Å². The smallest absolute Gasteiger partial charge is 0.310 e. The molecule has 1 aromatic rings. The molecule has 0 spiro atoms. The lowest BCUT2D eigenvalue weighted by molar-refractivity contribution is -0.144.